The molecule has 2 unspecified atom stereocenters. The van der Waals surface area contributed by atoms with Gasteiger partial charge in [-0.15, -0.1) is 0 Å². The van der Waals surface area contributed by atoms with Crippen LogP contribution in [-0.4, -0.2) is 86.6 Å². The maximum absolute atomic E-state index is 13.9. The minimum Gasteiger partial charge on any atom is -0.507 e. The molecule has 0 aromatic heterocycles. The highest BCUT2D eigenvalue weighted by Crippen LogP contribution is 2.54. The van der Waals surface area contributed by atoms with Gasteiger partial charge in [-0.1, -0.05) is 19.1 Å². The first-order valence-electron chi connectivity index (χ1n) is 11.9. The van der Waals surface area contributed by atoms with Crippen molar-refractivity contribution in [2.45, 2.75) is 56.9 Å². The maximum Gasteiger partial charge on any atom is 0.238 e. The molecule has 0 radical (unpaired) electrons. The second kappa shape index (κ2) is 8.29. The van der Waals surface area contributed by atoms with Crippen LogP contribution in [-0.2, 0) is 19.2 Å². The van der Waals surface area contributed by atoms with Crippen molar-refractivity contribution in [2.75, 3.05) is 14.1 Å². The van der Waals surface area contributed by atoms with E-state index >= 15 is 0 Å². The number of fused-ring (bicyclic) bond motifs is 3. The molecule has 3 aliphatic rings. The van der Waals surface area contributed by atoms with Gasteiger partial charge in [-0.05, 0) is 52.4 Å². The van der Waals surface area contributed by atoms with E-state index in [4.69, 9.17) is 0 Å². The predicted molar refractivity (Wildman–Crippen MR) is 126 cm³/mol. The number of aromatic hydroxyl groups is 1. The van der Waals surface area contributed by atoms with Crippen LogP contribution in [0.4, 0.5) is 0 Å². The second-order valence-electron chi connectivity index (χ2n) is 11.4. The predicted octanol–water partition coefficient (Wildman–Crippen LogP) is -0.172. The Bertz CT molecular complexity index is 1180. The molecule has 0 aliphatic heterocycles. The third-order valence-corrected chi connectivity index (χ3v) is 7.83. The SMILES string of the molecule is C[C@H]1c2cccc(O)c2C(=O)C2C(=O)[C@]3(O)C(=O)C(C(=O)NC(C)(C)C)C(=O)[C@@H](N(C)C)[C@@H]3[C@@H](O)[C@@H]21. The largest absolute Gasteiger partial charge is 0.507 e. The van der Waals surface area contributed by atoms with E-state index in [1.54, 1.807) is 39.8 Å². The summed E-state index contributed by atoms with van der Waals surface area (Å²) in [5.74, 6) is -12.4. The summed E-state index contributed by atoms with van der Waals surface area (Å²) in [7, 11) is 2.98. The summed E-state index contributed by atoms with van der Waals surface area (Å²) in [4.78, 5) is 69.1. The molecule has 2 fully saturated rings. The third-order valence-electron chi connectivity index (χ3n) is 7.83. The Morgan fingerprint density at radius 3 is 2.25 bits per heavy atom. The monoisotopic (exact) mass is 500 g/mol. The molecule has 4 rings (SSSR count). The van der Waals surface area contributed by atoms with Crippen molar-refractivity contribution in [1.29, 1.82) is 0 Å². The van der Waals surface area contributed by atoms with Crippen molar-refractivity contribution in [2.24, 2.45) is 23.7 Å². The summed E-state index contributed by atoms with van der Waals surface area (Å²) in [6.07, 6.45) is -1.61. The van der Waals surface area contributed by atoms with E-state index in [1.165, 1.54) is 25.1 Å². The normalized spacial score (nSPS) is 36.3. The van der Waals surface area contributed by atoms with Crippen LogP contribution in [0.5, 0.6) is 5.75 Å². The smallest absolute Gasteiger partial charge is 0.238 e. The number of hydrogen-bond acceptors (Lipinski definition) is 9. The van der Waals surface area contributed by atoms with Crippen molar-refractivity contribution in [3.8, 4) is 5.75 Å². The third kappa shape index (κ3) is 3.46. The summed E-state index contributed by atoms with van der Waals surface area (Å²) >= 11 is 0. The van der Waals surface area contributed by atoms with E-state index in [9.17, 15) is 39.3 Å². The Labute approximate surface area is 208 Å². The number of hydrogen-bond donors (Lipinski definition) is 4. The Kier molecular flexibility index (Phi) is 6.02. The van der Waals surface area contributed by atoms with E-state index in [1.807, 2.05) is 0 Å². The standard InChI is InChI=1S/C26H32N2O8/c1-10-11-8-7-9-12(29)14(11)19(30)15-13(10)20(31)17-18(28(5)6)21(32)16(24(35)27-25(2,3)4)23(34)26(17,36)22(15)33/h7-10,13,15-18,20,29,31,36H,1-6H3,(H,27,35)/t10-,13+,15?,16?,17+,18-,20-,26-/m0/s1. The zero-order valence-corrected chi connectivity index (χ0v) is 21.1. The molecule has 194 valence electrons. The molecule has 1 aromatic rings. The van der Waals surface area contributed by atoms with Crippen LogP contribution in [0.25, 0.3) is 0 Å². The molecule has 0 spiro atoms. The van der Waals surface area contributed by atoms with Gasteiger partial charge in [0.1, 0.15) is 5.75 Å². The Balaban J connectivity index is 1.91. The number of nitrogens with zero attached hydrogens (tertiary/aromatic N) is 1. The Morgan fingerprint density at radius 2 is 1.69 bits per heavy atom. The fourth-order valence-electron chi connectivity index (χ4n) is 6.37. The molecule has 8 atom stereocenters. The number of aliphatic hydroxyl groups is 2. The van der Waals surface area contributed by atoms with Crippen molar-refractivity contribution in [3.05, 3.63) is 29.3 Å². The number of phenols is 1. The lowest BCUT2D eigenvalue weighted by Gasteiger charge is -2.56. The number of likely N-dealkylation sites (N-methyl/N-ethyl adjacent to an activating group) is 1. The van der Waals surface area contributed by atoms with Gasteiger partial charge in [0, 0.05) is 11.5 Å². The highest BCUT2D eigenvalue weighted by Gasteiger charge is 2.73. The van der Waals surface area contributed by atoms with Gasteiger partial charge in [0.25, 0.3) is 0 Å². The molecule has 0 bridgehead atoms. The maximum atomic E-state index is 13.9. The minimum absolute atomic E-state index is 0.0978. The molecule has 0 saturated heterocycles. The molecule has 36 heavy (non-hydrogen) atoms. The number of aliphatic hydroxyl groups excluding tert-OH is 1. The number of phenolic OH excluding ortho intramolecular Hbond substituents is 1. The van der Waals surface area contributed by atoms with Gasteiger partial charge in [0.15, 0.2) is 34.7 Å². The first-order valence-corrected chi connectivity index (χ1v) is 11.9. The number of carbonyl (C=O) groups is 5. The van der Waals surface area contributed by atoms with Crippen LogP contribution >= 0.6 is 0 Å². The van der Waals surface area contributed by atoms with Crippen LogP contribution in [0.1, 0.15) is 49.5 Å². The number of Topliss-reactive ketones (excluding diaryl/α,β-unsaturated/α-hetero) is 4. The molecule has 2 saturated carbocycles. The topological polar surface area (TPSA) is 161 Å². The first-order chi connectivity index (χ1) is 16.6. The quantitative estimate of drug-likeness (QED) is 0.404. The summed E-state index contributed by atoms with van der Waals surface area (Å²) in [6.45, 7) is 6.63. The van der Waals surface area contributed by atoms with E-state index in [0.29, 0.717) is 5.56 Å². The van der Waals surface area contributed by atoms with Gasteiger partial charge in [-0.3, -0.25) is 28.9 Å². The van der Waals surface area contributed by atoms with Crippen molar-refractivity contribution in [3.63, 3.8) is 0 Å². The van der Waals surface area contributed by atoms with Crippen LogP contribution in [0.15, 0.2) is 18.2 Å². The lowest BCUT2D eigenvalue weighted by atomic mass is 9.49. The van der Waals surface area contributed by atoms with Crippen LogP contribution in [0.3, 0.4) is 0 Å². The van der Waals surface area contributed by atoms with Gasteiger partial charge in [0.05, 0.1) is 29.5 Å². The van der Waals surface area contributed by atoms with Crippen molar-refractivity contribution < 1.29 is 39.3 Å². The molecule has 0 heterocycles. The Hall–Kier alpha value is -2.95. The van der Waals surface area contributed by atoms with Crippen LogP contribution < -0.4 is 5.32 Å². The molecule has 10 nitrogen and oxygen atoms in total. The van der Waals surface area contributed by atoms with Gasteiger partial charge < -0.3 is 20.6 Å². The highest BCUT2D eigenvalue weighted by molar-refractivity contribution is 6.32. The van der Waals surface area contributed by atoms with E-state index in [2.05, 4.69) is 5.32 Å². The summed E-state index contributed by atoms with van der Waals surface area (Å²) < 4.78 is 0. The second-order valence-corrected chi connectivity index (χ2v) is 11.4. The first kappa shape index (κ1) is 26.1. The average Bonchev–Trinajstić information content (AvgIpc) is 2.75. The summed E-state index contributed by atoms with van der Waals surface area (Å²) in [6, 6.07) is 3.10. The zero-order chi connectivity index (χ0) is 27.1. The average molecular weight is 501 g/mol. The van der Waals surface area contributed by atoms with Gasteiger partial charge >= 0.3 is 0 Å². The van der Waals surface area contributed by atoms with Crippen LogP contribution in [0, 0.1) is 23.7 Å². The van der Waals surface area contributed by atoms with Crippen molar-refractivity contribution in [1.82, 2.24) is 10.2 Å². The molecule has 10 heteroatoms. The Morgan fingerprint density at radius 1 is 1.08 bits per heavy atom. The molecular weight excluding hydrogens is 468 g/mol. The summed E-state index contributed by atoms with van der Waals surface area (Å²) in [5.41, 5.74) is -3.45. The minimum atomic E-state index is -2.96. The van der Waals surface area contributed by atoms with E-state index in [-0.39, 0.29) is 11.3 Å². The number of nitrogens with one attached hydrogen (secondary N) is 1. The molecule has 1 aromatic carbocycles. The molecule has 1 amide bonds. The fourth-order valence-corrected chi connectivity index (χ4v) is 6.37. The lowest BCUT2D eigenvalue weighted by Crippen LogP contribution is -2.78. The van der Waals surface area contributed by atoms with Gasteiger partial charge in [-0.25, -0.2) is 0 Å². The number of carbonyl (C=O) groups excluding carboxylic acids is 5. The molecule has 3 aliphatic carbocycles. The zero-order valence-electron chi connectivity index (χ0n) is 21.1. The van der Waals surface area contributed by atoms with Crippen LogP contribution in [0.2, 0.25) is 0 Å². The number of benzene rings is 1. The fraction of sp³-hybridized carbons (Fsp3) is 0.577. The van der Waals surface area contributed by atoms with E-state index < -0.39 is 81.9 Å². The van der Waals surface area contributed by atoms with Crippen molar-refractivity contribution >= 4 is 29.0 Å². The lowest BCUT2D eigenvalue weighted by molar-refractivity contribution is -0.197. The summed E-state index contributed by atoms with van der Waals surface area (Å²) in [5, 5.41) is 36.3. The van der Waals surface area contributed by atoms with E-state index in [0.717, 1.165) is 0 Å². The molecular formula is C26H32N2O8. The number of amides is 1. The van der Waals surface area contributed by atoms with Gasteiger partial charge in [0.2, 0.25) is 5.91 Å². The number of rotatable bonds is 2. The number of ketones is 4. The molecule has 4 N–H and O–H groups in total. The highest BCUT2D eigenvalue weighted by atomic mass is 16.3. The van der Waals surface area contributed by atoms with Gasteiger partial charge in [-0.2, -0.15) is 0 Å².